The van der Waals surface area contributed by atoms with Crippen LogP contribution in [0.2, 0.25) is 0 Å². The summed E-state index contributed by atoms with van der Waals surface area (Å²) < 4.78 is 116. The largest absolute Gasteiger partial charge is 0.476 e. The van der Waals surface area contributed by atoms with E-state index in [-0.39, 0.29) is 36.8 Å². The maximum Gasteiger partial charge on any atom is 0.423 e. The van der Waals surface area contributed by atoms with Gasteiger partial charge in [0, 0.05) is 45.0 Å². The van der Waals surface area contributed by atoms with Crippen LogP contribution >= 0.6 is 0 Å². The monoisotopic (exact) mass is 512 g/mol. The van der Waals surface area contributed by atoms with Crippen molar-refractivity contribution in [1.82, 2.24) is 24.1 Å². The van der Waals surface area contributed by atoms with Gasteiger partial charge in [-0.3, -0.25) is 4.68 Å². The first kappa shape index (κ1) is 21.9. The summed E-state index contributed by atoms with van der Waals surface area (Å²) in [5.41, 5.74) is -3.82. The Morgan fingerprint density at radius 2 is 1.94 bits per heavy atom. The SMILES string of the molecule is [2H]C([2H])(Oc1nc(NC2CCN(S(=O)(=O)c3cnn(C)c3)CC2)ncc1C(F)(F)F)[C@@]1(C)CC1(F)F. The summed E-state index contributed by atoms with van der Waals surface area (Å²) in [5, 5.41) is 6.65. The van der Waals surface area contributed by atoms with Gasteiger partial charge in [0.1, 0.15) is 17.0 Å². The molecule has 0 aromatic carbocycles. The lowest BCUT2D eigenvalue weighted by Crippen LogP contribution is -2.42. The first-order valence-corrected chi connectivity index (χ1v) is 11.7. The van der Waals surface area contributed by atoms with Crippen molar-refractivity contribution >= 4 is 16.0 Å². The Bertz CT molecular complexity index is 1250. The Hall–Kier alpha value is -2.55. The van der Waals surface area contributed by atoms with Crippen molar-refractivity contribution in [3.63, 3.8) is 0 Å². The molecule has 34 heavy (non-hydrogen) atoms. The van der Waals surface area contributed by atoms with Gasteiger partial charge in [-0.2, -0.15) is 27.6 Å². The van der Waals surface area contributed by atoms with Crippen LogP contribution < -0.4 is 10.1 Å². The van der Waals surface area contributed by atoms with Gasteiger partial charge in [0.2, 0.25) is 21.9 Å². The molecule has 0 bridgehead atoms. The predicted octanol–water partition coefficient (Wildman–Crippen LogP) is 2.92. The van der Waals surface area contributed by atoms with Crippen LogP contribution in [-0.4, -0.2) is 64.1 Å². The summed E-state index contributed by atoms with van der Waals surface area (Å²) in [7, 11) is -2.18. The van der Waals surface area contributed by atoms with Crippen LogP contribution in [0, 0.1) is 5.41 Å². The second-order valence-electron chi connectivity index (χ2n) is 8.50. The van der Waals surface area contributed by atoms with Crippen LogP contribution in [0.3, 0.4) is 0 Å². The number of aryl methyl sites for hydroxylation is 1. The molecule has 3 heterocycles. The quantitative estimate of drug-likeness (QED) is 0.569. The number of alkyl halides is 5. The third-order valence-corrected chi connectivity index (χ3v) is 7.65. The van der Waals surface area contributed by atoms with E-state index in [9.17, 15) is 30.4 Å². The molecular weight excluding hydrogens is 487 g/mol. The molecule has 15 heteroatoms. The van der Waals surface area contributed by atoms with Crippen LogP contribution in [0.25, 0.3) is 0 Å². The molecule has 2 aromatic heterocycles. The van der Waals surface area contributed by atoms with E-state index in [1.807, 2.05) is 0 Å². The van der Waals surface area contributed by atoms with Crippen molar-refractivity contribution in [3.05, 3.63) is 24.2 Å². The number of hydrogen-bond donors (Lipinski definition) is 1. The molecule has 1 atom stereocenters. The highest BCUT2D eigenvalue weighted by Gasteiger charge is 2.68. The number of hydrogen-bond acceptors (Lipinski definition) is 7. The van der Waals surface area contributed by atoms with Crippen molar-refractivity contribution in [3.8, 4) is 5.88 Å². The Morgan fingerprint density at radius 3 is 2.47 bits per heavy atom. The summed E-state index contributed by atoms with van der Waals surface area (Å²) in [5.74, 6) is -4.99. The zero-order chi connectivity index (χ0) is 26.7. The number of sulfonamides is 1. The molecule has 0 spiro atoms. The van der Waals surface area contributed by atoms with E-state index in [0.29, 0.717) is 6.20 Å². The smallest absolute Gasteiger partial charge is 0.423 e. The number of ether oxygens (including phenoxy) is 1. The number of aromatic nitrogens is 4. The van der Waals surface area contributed by atoms with Gasteiger partial charge in [0.05, 0.1) is 14.4 Å². The fourth-order valence-corrected chi connectivity index (χ4v) is 4.94. The van der Waals surface area contributed by atoms with Crippen molar-refractivity contribution in [2.24, 2.45) is 12.5 Å². The molecule has 0 unspecified atom stereocenters. The third-order valence-electron chi connectivity index (χ3n) is 5.80. The van der Waals surface area contributed by atoms with E-state index in [0.717, 1.165) is 6.92 Å². The van der Waals surface area contributed by atoms with Crippen molar-refractivity contribution in [1.29, 1.82) is 0 Å². The number of anilines is 1. The lowest BCUT2D eigenvalue weighted by Gasteiger charge is -2.31. The molecule has 1 saturated heterocycles. The van der Waals surface area contributed by atoms with Crippen LogP contribution in [0.5, 0.6) is 5.88 Å². The van der Waals surface area contributed by atoms with E-state index >= 15 is 0 Å². The lowest BCUT2D eigenvalue weighted by molar-refractivity contribution is -0.139. The first-order chi connectivity index (χ1) is 16.5. The minimum atomic E-state index is -5.02. The van der Waals surface area contributed by atoms with Gasteiger partial charge in [0.25, 0.3) is 5.92 Å². The molecule has 2 aliphatic rings. The van der Waals surface area contributed by atoms with Gasteiger partial charge in [-0.05, 0) is 12.8 Å². The number of rotatable bonds is 7. The number of nitrogens with one attached hydrogen (secondary N) is 1. The number of halogens is 5. The standard InChI is InChI=1S/C19H23F5N6O3S/c1-17(10-18(17,20)21)11-33-15-14(19(22,23)24)8-25-16(28-15)27-12-3-5-30(6-4-12)34(31,32)13-7-26-29(2)9-13/h7-9,12H,3-6,10-11H2,1-2H3,(H,25,27,28)/t17-/m1/s1/i11D2. The van der Waals surface area contributed by atoms with E-state index in [1.165, 1.54) is 21.4 Å². The molecule has 9 nitrogen and oxygen atoms in total. The molecule has 0 amide bonds. The predicted molar refractivity (Wildman–Crippen MR) is 109 cm³/mol. The molecule has 1 N–H and O–H groups in total. The number of nitrogens with zero attached hydrogens (tertiary/aromatic N) is 5. The molecule has 4 rings (SSSR count). The van der Waals surface area contributed by atoms with Crippen LogP contribution in [0.4, 0.5) is 27.9 Å². The van der Waals surface area contributed by atoms with Crippen LogP contribution in [0.15, 0.2) is 23.5 Å². The highest BCUT2D eigenvalue weighted by Crippen LogP contribution is 2.60. The molecular formula is C19H23F5N6O3S. The van der Waals surface area contributed by atoms with Gasteiger partial charge in [-0.15, -0.1) is 0 Å². The Balaban J connectivity index is 1.48. The molecule has 2 aromatic rings. The van der Waals surface area contributed by atoms with Crippen LogP contribution in [-0.2, 0) is 23.2 Å². The van der Waals surface area contributed by atoms with Crippen molar-refractivity contribution < 1.29 is 37.8 Å². The van der Waals surface area contributed by atoms with Gasteiger partial charge in [0.15, 0.2) is 0 Å². The Morgan fingerprint density at radius 1 is 1.29 bits per heavy atom. The second-order valence-corrected chi connectivity index (χ2v) is 10.4. The van der Waals surface area contributed by atoms with Crippen molar-refractivity contribution in [2.75, 3.05) is 25.0 Å². The average Bonchev–Trinajstić information content (AvgIpc) is 3.05. The normalized spacial score (nSPS) is 24.9. The average molecular weight is 513 g/mol. The maximum absolute atomic E-state index is 13.7. The molecule has 188 valence electrons. The molecule has 1 aliphatic carbocycles. The molecule has 1 aliphatic heterocycles. The highest BCUT2D eigenvalue weighted by atomic mass is 32.2. The van der Waals surface area contributed by atoms with E-state index < -0.39 is 58.0 Å². The topological polar surface area (TPSA) is 102 Å². The van der Waals surface area contributed by atoms with Crippen LogP contribution in [0.1, 0.15) is 34.5 Å². The van der Waals surface area contributed by atoms with Crippen molar-refractivity contribution in [2.45, 2.75) is 49.2 Å². The minimum Gasteiger partial charge on any atom is -0.476 e. The third kappa shape index (κ3) is 4.80. The van der Waals surface area contributed by atoms with Gasteiger partial charge >= 0.3 is 6.18 Å². The van der Waals surface area contributed by atoms with E-state index in [2.05, 4.69) is 20.4 Å². The summed E-state index contributed by atoms with van der Waals surface area (Å²) in [4.78, 5) is 7.29. The summed E-state index contributed by atoms with van der Waals surface area (Å²) in [6.45, 7) is -2.05. The fourth-order valence-electron chi connectivity index (χ4n) is 3.48. The molecule has 0 radical (unpaired) electrons. The summed E-state index contributed by atoms with van der Waals surface area (Å²) >= 11 is 0. The fraction of sp³-hybridized carbons (Fsp3) is 0.632. The van der Waals surface area contributed by atoms with E-state index in [4.69, 9.17) is 7.48 Å². The van der Waals surface area contributed by atoms with E-state index in [1.54, 1.807) is 7.05 Å². The molecule has 1 saturated carbocycles. The Kier molecular flexibility index (Phi) is 5.35. The summed E-state index contributed by atoms with van der Waals surface area (Å²) in [6.07, 6.45) is -2.39. The van der Waals surface area contributed by atoms with Gasteiger partial charge in [-0.25, -0.2) is 22.2 Å². The molecule has 2 fully saturated rings. The maximum atomic E-state index is 13.7. The highest BCUT2D eigenvalue weighted by molar-refractivity contribution is 7.89. The number of piperidine rings is 1. The summed E-state index contributed by atoms with van der Waals surface area (Å²) in [6, 6.07) is -0.419. The second kappa shape index (κ2) is 8.29. The minimum absolute atomic E-state index is 0.0356. The zero-order valence-electron chi connectivity index (χ0n) is 20.1. The first-order valence-electron chi connectivity index (χ1n) is 11.2. The van der Waals surface area contributed by atoms with Gasteiger partial charge < -0.3 is 10.1 Å². The van der Waals surface area contributed by atoms with Gasteiger partial charge in [-0.1, -0.05) is 6.92 Å². The zero-order valence-corrected chi connectivity index (χ0v) is 18.9. The lowest BCUT2D eigenvalue weighted by atomic mass is 10.1. The Labute approximate surface area is 195 Å².